The Kier molecular flexibility index (Phi) is 11.1. The van der Waals surface area contributed by atoms with Gasteiger partial charge in [0, 0.05) is 42.9 Å². The van der Waals surface area contributed by atoms with E-state index in [0.29, 0.717) is 0 Å². The topological polar surface area (TPSA) is 72.5 Å². The summed E-state index contributed by atoms with van der Waals surface area (Å²) < 4.78 is 0. The Balaban J connectivity index is 0. The second-order valence-corrected chi connectivity index (χ2v) is 3.29. The summed E-state index contributed by atoms with van der Waals surface area (Å²) in [7, 11) is 0. The van der Waals surface area contributed by atoms with Gasteiger partial charge in [0.1, 0.15) is 0 Å². The first-order valence-electron chi connectivity index (χ1n) is 3.68. The summed E-state index contributed by atoms with van der Waals surface area (Å²) in [4.78, 5) is 36.1. The van der Waals surface area contributed by atoms with Crippen LogP contribution in [0.4, 0.5) is 0 Å². The van der Waals surface area contributed by atoms with Crippen LogP contribution in [0.2, 0.25) is 0 Å². The van der Waals surface area contributed by atoms with Crippen LogP contribution in [-0.4, -0.2) is 52.3 Å². The zero-order valence-electron chi connectivity index (χ0n) is 8.46. The van der Waals surface area contributed by atoms with Crippen molar-refractivity contribution in [2.75, 3.05) is 5.75 Å². The molecule has 7 heteroatoms. The van der Waals surface area contributed by atoms with E-state index in [0.717, 1.165) is 11.8 Å². The van der Waals surface area contributed by atoms with Crippen LogP contribution in [0.15, 0.2) is 0 Å². The molecule has 0 saturated carbocycles. The van der Waals surface area contributed by atoms with Gasteiger partial charge in [-0.1, -0.05) is 18.7 Å². The second-order valence-electron chi connectivity index (χ2n) is 2.13. The van der Waals surface area contributed by atoms with Crippen LogP contribution >= 0.6 is 11.8 Å². The normalized spacial score (nSPS) is 8.43. The second kappa shape index (κ2) is 9.51. The molecular weight excluding hydrogens is 217 g/mol. The summed E-state index contributed by atoms with van der Waals surface area (Å²) in [6.45, 7) is 2.97. The fourth-order valence-corrected chi connectivity index (χ4v) is 0.776. The van der Waals surface area contributed by atoms with Crippen molar-refractivity contribution in [1.82, 2.24) is 5.48 Å². The number of thioether (sulfide) groups is 1. The van der Waals surface area contributed by atoms with E-state index in [2.05, 4.69) is 4.84 Å². The van der Waals surface area contributed by atoms with Crippen LogP contribution in [0.25, 0.3) is 0 Å². The molecule has 0 atom stereocenters. The minimum Gasteiger partial charge on any atom is -0.341 e. The standard InChI is InChI=1S/C7H11NO4S.Na/c1-3-7(11)12-8-6(10)4-13-5(2)9;/h3-4H2,1-2H3,(H,8,10);. The van der Waals surface area contributed by atoms with Crippen molar-refractivity contribution in [3.8, 4) is 0 Å². The minimum atomic E-state index is -0.513. The molecule has 0 heterocycles. The molecule has 0 aliphatic heterocycles. The van der Waals surface area contributed by atoms with Crippen LogP contribution in [0.5, 0.6) is 0 Å². The fourth-order valence-electron chi connectivity index (χ4n) is 0.383. The van der Waals surface area contributed by atoms with Gasteiger partial charge >= 0.3 is 5.97 Å². The van der Waals surface area contributed by atoms with Crippen molar-refractivity contribution < 1.29 is 19.2 Å². The maximum atomic E-state index is 10.8. The zero-order valence-corrected chi connectivity index (χ0v) is 11.3. The SMILES string of the molecule is CCC(=O)ONC(=O)CSC(C)=O.[Na]. The van der Waals surface area contributed by atoms with Gasteiger partial charge in [0.25, 0.3) is 5.91 Å². The van der Waals surface area contributed by atoms with E-state index < -0.39 is 11.9 Å². The fraction of sp³-hybridized carbons (Fsp3) is 0.571. The largest absolute Gasteiger partial charge is 0.341 e. The summed E-state index contributed by atoms with van der Waals surface area (Å²) in [5.41, 5.74) is 1.93. The van der Waals surface area contributed by atoms with Gasteiger partial charge in [-0.05, 0) is 0 Å². The first-order chi connectivity index (χ1) is 6.06. The third-order valence-corrected chi connectivity index (χ3v) is 1.79. The number of hydrogen-bond acceptors (Lipinski definition) is 5. The van der Waals surface area contributed by atoms with Crippen molar-refractivity contribution in [1.29, 1.82) is 0 Å². The van der Waals surface area contributed by atoms with E-state index in [1.54, 1.807) is 6.92 Å². The Morgan fingerprint density at radius 3 is 2.36 bits per heavy atom. The number of carbonyl (C=O) groups excluding carboxylic acids is 3. The van der Waals surface area contributed by atoms with Gasteiger partial charge in [-0.3, -0.25) is 9.59 Å². The van der Waals surface area contributed by atoms with Crippen molar-refractivity contribution >= 4 is 58.3 Å². The van der Waals surface area contributed by atoms with Crippen LogP contribution in [0.3, 0.4) is 0 Å². The third kappa shape index (κ3) is 10.0. The monoisotopic (exact) mass is 228 g/mol. The molecule has 0 rings (SSSR count). The van der Waals surface area contributed by atoms with E-state index >= 15 is 0 Å². The minimum absolute atomic E-state index is 0. The Morgan fingerprint density at radius 1 is 1.36 bits per heavy atom. The van der Waals surface area contributed by atoms with Gasteiger partial charge in [-0.25, -0.2) is 4.79 Å². The van der Waals surface area contributed by atoms with Crippen LogP contribution in [0, 0.1) is 0 Å². The molecule has 0 spiro atoms. The average molecular weight is 228 g/mol. The molecule has 0 saturated heterocycles. The number of hydroxylamine groups is 1. The van der Waals surface area contributed by atoms with Crippen LogP contribution in [-0.2, 0) is 19.2 Å². The zero-order chi connectivity index (χ0) is 10.3. The number of nitrogens with one attached hydrogen (secondary N) is 1. The van der Waals surface area contributed by atoms with E-state index in [1.165, 1.54) is 6.92 Å². The van der Waals surface area contributed by atoms with Crippen molar-refractivity contribution in [2.24, 2.45) is 0 Å². The van der Waals surface area contributed by atoms with Gasteiger partial charge in [-0.2, -0.15) is 5.48 Å². The van der Waals surface area contributed by atoms with Crippen molar-refractivity contribution in [3.05, 3.63) is 0 Å². The maximum absolute atomic E-state index is 10.8. The number of rotatable bonds is 3. The van der Waals surface area contributed by atoms with Crippen molar-refractivity contribution in [2.45, 2.75) is 20.3 Å². The van der Waals surface area contributed by atoms with Crippen molar-refractivity contribution in [3.63, 3.8) is 0 Å². The summed E-state index contributed by atoms with van der Waals surface area (Å²) in [5.74, 6) is -1.05. The summed E-state index contributed by atoms with van der Waals surface area (Å²) in [6, 6.07) is 0. The molecule has 5 nitrogen and oxygen atoms in total. The number of amides is 1. The molecule has 0 bridgehead atoms. The van der Waals surface area contributed by atoms with Gasteiger partial charge in [0.2, 0.25) is 0 Å². The molecule has 75 valence electrons. The molecular formula is C7H11NNaO4S. The molecule has 0 aromatic carbocycles. The third-order valence-electron chi connectivity index (χ3n) is 0.974. The molecule has 0 fully saturated rings. The van der Waals surface area contributed by atoms with E-state index in [4.69, 9.17) is 0 Å². The number of carbonyl (C=O) groups is 3. The smallest absolute Gasteiger partial charge is 0.331 e. The molecule has 1 amide bonds. The molecule has 0 aliphatic rings. The molecule has 1 N–H and O–H groups in total. The van der Waals surface area contributed by atoms with Gasteiger partial charge in [-0.15, -0.1) is 0 Å². The first-order valence-corrected chi connectivity index (χ1v) is 4.66. The quantitative estimate of drug-likeness (QED) is 0.538. The predicted octanol–water partition coefficient (Wildman–Crippen LogP) is -0.130. The van der Waals surface area contributed by atoms with E-state index in [1.807, 2.05) is 5.48 Å². The Labute approximate surface area is 109 Å². The molecule has 0 unspecified atom stereocenters. The number of hydrogen-bond donors (Lipinski definition) is 1. The van der Waals surface area contributed by atoms with Gasteiger partial charge in [0.15, 0.2) is 5.12 Å². The van der Waals surface area contributed by atoms with E-state index in [-0.39, 0.29) is 46.8 Å². The Morgan fingerprint density at radius 2 is 1.93 bits per heavy atom. The molecule has 0 aliphatic carbocycles. The van der Waals surface area contributed by atoms with Crippen LogP contribution < -0.4 is 5.48 Å². The van der Waals surface area contributed by atoms with Gasteiger partial charge in [0.05, 0.1) is 5.75 Å². The Bertz CT molecular complexity index is 222. The van der Waals surface area contributed by atoms with Gasteiger partial charge < -0.3 is 4.84 Å². The molecule has 14 heavy (non-hydrogen) atoms. The predicted molar refractivity (Wildman–Crippen MR) is 53.4 cm³/mol. The average Bonchev–Trinajstić information content (AvgIpc) is 2.10. The molecule has 0 aromatic rings. The summed E-state index contributed by atoms with van der Waals surface area (Å²) >= 11 is 0.856. The Hall–Kier alpha value is -0.0400. The van der Waals surface area contributed by atoms with E-state index in [9.17, 15) is 14.4 Å². The maximum Gasteiger partial charge on any atom is 0.331 e. The summed E-state index contributed by atoms with van der Waals surface area (Å²) in [6.07, 6.45) is 0.195. The molecule has 0 aromatic heterocycles. The first kappa shape index (κ1) is 16.4. The molecule has 1 radical (unpaired) electrons. The summed E-state index contributed by atoms with van der Waals surface area (Å²) in [5, 5.41) is -0.156. The van der Waals surface area contributed by atoms with Crippen LogP contribution in [0.1, 0.15) is 20.3 Å².